The fourth-order valence-electron chi connectivity index (χ4n) is 4.54. The molecule has 31 heavy (non-hydrogen) atoms. The molecule has 1 atom stereocenters. The minimum absolute atomic E-state index is 0.0775. The summed E-state index contributed by atoms with van der Waals surface area (Å²) in [6.45, 7) is 4.81. The lowest BCUT2D eigenvalue weighted by Gasteiger charge is -2.34. The SMILES string of the molecule is CCOc1ccc(Cl)cc1S(=O)(=O)N1CCC(C(=O)N2c3ccccc3C[C@@H]2C)CC1. The van der Waals surface area contributed by atoms with E-state index in [2.05, 4.69) is 13.0 Å². The molecule has 0 spiro atoms. The first-order valence-electron chi connectivity index (χ1n) is 10.7. The van der Waals surface area contributed by atoms with Crippen molar-refractivity contribution in [2.75, 3.05) is 24.6 Å². The maximum Gasteiger partial charge on any atom is 0.246 e. The number of para-hydroxylation sites is 1. The van der Waals surface area contributed by atoms with Crippen LogP contribution in [0.3, 0.4) is 0 Å². The van der Waals surface area contributed by atoms with Crippen molar-refractivity contribution >= 4 is 33.2 Å². The molecular weight excluding hydrogens is 436 g/mol. The van der Waals surface area contributed by atoms with E-state index >= 15 is 0 Å². The van der Waals surface area contributed by atoms with Crippen LogP contribution in [0.1, 0.15) is 32.3 Å². The Morgan fingerprint density at radius 2 is 1.87 bits per heavy atom. The van der Waals surface area contributed by atoms with Gasteiger partial charge in [0.2, 0.25) is 15.9 Å². The first-order valence-corrected chi connectivity index (χ1v) is 12.5. The summed E-state index contributed by atoms with van der Waals surface area (Å²) in [4.78, 5) is 15.3. The van der Waals surface area contributed by atoms with Crippen molar-refractivity contribution in [3.63, 3.8) is 0 Å². The average Bonchev–Trinajstić information content (AvgIpc) is 3.10. The van der Waals surface area contributed by atoms with Crippen LogP contribution >= 0.6 is 11.6 Å². The number of piperidine rings is 1. The van der Waals surface area contributed by atoms with Gasteiger partial charge in [-0.05, 0) is 62.9 Å². The molecule has 0 saturated carbocycles. The molecule has 2 aromatic carbocycles. The van der Waals surface area contributed by atoms with Crippen molar-refractivity contribution in [2.45, 2.75) is 44.0 Å². The molecule has 2 aliphatic heterocycles. The molecule has 1 saturated heterocycles. The second-order valence-corrected chi connectivity index (χ2v) is 10.4. The average molecular weight is 463 g/mol. The lowest BCUT2D eigenvalue weighted by atomic mass is 9.96. The van der Waals surface area contributed by atoms with Crippen molar-refractivity contribution in [3.8, 4) is 5.75 Å². The number of hydrogen-bond acceptors (Lipinski definition) is 4. The van der Waals surface area contributed by atoms with Crippen LogP contribution in [0.4, 0.5) is 5.69 Å². The summed E-state index contributed by atoms with van der Waals surface area (Å²) in [5.74, 6) is 0.200. The third-order valence-corrected chi connectivity index (χ3v) is 8.23. The quantitative estimate of drug-likeness (QED) is 0.670. The van der Waals surface area contributed by atoms with Gasteiger partial charge in [0.25, 0.3) is 0 Å². The number of carbonyl (C=O) groups is 1. The summed E-state index contributed by atoms with van der Waals surface area (Å²) in [7, 11) is -3.77. The van der Waals surface area contributed by atoms with Gasteiger partial charge in [-0.1, -0.05) is 29.8 Å². The Kier molecular flexibility index (Phi) is 6.28. The normalized spacial score (nSPS) is 20.0. The van der Waals surface area contributed by atoms with E-state index < -0.39 is 10.0 Å². The highest BCUT2D eigenvalue weighted by atomic mass is 35.5. The second-order valence-electron chi connectivity index (χ2n) is 8.09. The van der Waals surface area contributed by atoms with Gasteiger partial charge in [-0.25, -0.2) is 8.42 Å². The molecule has 2 heterocycles. The molecule has 0 aliphatic carbocycles. The third-order valence-electron chi connectivity index (χ3n) is 6.07. The van der Waals surface area contributed by atoms with Crippen molar-refractivity contribution in [3.05, 3.63) is 53.1 Å². The van der Waals surface area contributed by atoms with Crippen LogP contribution in [-0.4, -0.2) is 44.4 Å². The largest absolute Gasteiger partial charge is 0.492 e. The Morgan fingerprint density at radius 3 is 2.58 bits per heavy atom. The van der Waals surface area contributed by atoms with E-state index in [1.54, 1.807) is 19.1 Å². The summed E-state index contributed by atoms with van der Waals surface area (Å²) < 4.78 is 33.5. The number of benzene rings is 2. The number of fused-ring (bicyclic) bond motifs is 1. The zero-order valence-corrected chi connectivity index (χ0v) is 19.3. The molecule has 1 amide bonds. The van der Waals surface area contributed by atoms with E-state index in [9.17, 15) is 13.2 Å². The first kappa shape index (κ1) is 22.1. The van der Waals surface area contributed by atoms with Gasteiger partial charge < -0.3 is 9.64 Å². The summed E-state index contributed by atoms with van der Waals surface area (Å²) in [6.07, 6.45) is 1.84. The van der Waals surface area contributed by atoms with Crippen molar-refractivity contribution in [1.82, 2.24) is 4.31 Å². The molecule has 8 heteroatoms. The monoisotopic (exact) mass is 462 g/mol. The number of ether oxygens (including phenoxy) is 1. The molecule has 2 aliphatic rings. The molecule has 2 aromatic rings. The number of rotatable bonds is 5. The maximum atomic E-state index is 13.3. The van der Waals surface area contributed by atoms with Crippen LogP contribution in [0.5, 0.6) is 5.75 Å². The highest BCUT2D eigenvalue weighted by molar-refractivity contribution is 7.89. The molecule has 0 bridgehead atoms. The van der Waals surface area contributed by atoms with E-state index in [0.717, 1.165) is 12.1 Å². The molecule has 4 rings (SSSR count). The van der Waals surface area contributed by atoms with Gasteiger partial charge in [-0.2, -0.15) is 4.31 Å². The predicted molar refractivity (Wildman–Crippen MR) is 121 cm³/mol. The van der Waals surface area contributed by atoms with Gasteiger partial charge >= 0.3 is 0 Å². The number of carbonyl (C=O) groups excluding carboxylic acids is 1. The van der Waals surface area contributed by atoms with Crippen molar-refractivity contribution in [2.24, 2.45) is 5.92 Å². The molecule has 166 valence electrons. The van der Waals surface area contributed by atoms with Crippen LogP contribution in [-0.2, 0) is 21.2 Å². The standard InChI is InChI=1S/C23H27ClN2O4S/c1-3-30-21-9-8-19(24)15-22(21)31(28,29)25-12-10-17(11-13-25)23(27)26-16(2)14-18-6-4-5-7-20(18)26/h4-9,15-17H,3,10-14H2,1-2H3/t16-/m0/s1. The molecule has 0 radical (unpaired) electrons. The van der Waals surface area contributed by atoms with Crippen LogP contribution in [0.2, 0.25) is 5.02 Å². The first-order chi connectivity index (χ1) is 14.8. The van der Waals surface area contributed by atoms with Gasteiger partial charge in [-0.3, -0.25) is 4.79 Å². The Labute approximate surface area is 188 Å². The van der Waals surface area contributed by atoms with Gasteiger partial charge in [0.15, 0.2) is 0 Å². The van der Waals surface area contributed by atoms with E-state index in [4.69, 9.17) is 16.3 Å². The fraction of sp³-hybridized carbons (Fsp3) is 0.435. The smallest absolute Gasteiger partial charge is 0.246 e. The van der Waals surface area contributed by atoms with Gasteiger partial charge in [0.05, 0.1) is 6.61 Å². The van der Waals surface area contributed by atoms with Crippen molar-refractivity contribution < 1.29 is 17.9 Å². The highest BCUT2D eigenvalue weighted by Crippen LogP contribution is 2.36. The molecule has 0 unspecified atom stereocenters. The maximum absolute atomic E-state index is 13.3. The lowest BCUT2D eigenvalue weighted by molar-refractivity contribution is -0.123. The zero-order valence-electron chi connectivity index (χ0n) is 17.8. The number of amides is 1. The predicted octanol–water partition coefficient (Wildman–Crippen LogP) is 4.12. The summed E-state index contributed by atoms with van der Waals surface area (Å²) >= 11 is 6.07. The van der Waals surface area contributed by atoms with Crippen molar-refractivity contribution in [1.29, 1.82) is 0 Å². The minimum atomic E-state index is -3.77. The fourth-order valence-corrected chi connectivity index (χ4v) is 6.40. The Morgan fingerprint density at radius 1 is 1.16 bits per heavy atom. The number of hydrogen-bond donors (Lipinski definition) is 0. The Balaban J connectivity index is 1.49. The van der Waals surface area contributed by atoms with Gasteiger partial charge in [-0.15, -0.1) is 0 Å². The summed E-state index contributed by atoms with van der Waals surface area (Å²) in [5, 5.41) is 0.341. The van der Waals surface area contributed by atoms with Crippen LogP contribution in [0.15, 0.2) is 47.4 Å². The number of anilines is 1. The van der Waals surface area contributed by atoms with E-state index in [1.807, 2.05) is 23.1 Å². The Bertz CT molecular complexity index is 1080. The van der Waals surface area contributed by atoms with Gasteiger partial charge in [0.1, 0.15) is 10.6 Å². The topological polar surface area (TPSA) is 66.9 Å². The highest BCUT2D eigenvalue weighted by Gasteiger charge is 2.38. The van der Waals surface area contributed by atoms with E-state index in [-0.39, 0.29) is 22.8 Å². The second kappa shape index (κ2) is 8.81. The molecule has 0 aromatic heterocycles. The number of halogens is 1. The lowest BCUT2D eigenvalue weighted by Crippen LogP contribution is -2.46. The molecular formula is C23H27ClN2O4S. The summed E-state index contributed by atoms with van der Waals surface area (Å²) in [5.41, 5.74) is 2.17. The third kappa shape index (κ3) is 4.19. The Hall–Kier alpha value is -2.09. The molecule has 0 N–H and O–H groups in total. The minimum Gasteiger partial charge on any atom is -0.492 e. The molecule has 6 nitrogen and oxygen atoms in total. The zero-order chi connectivity index (χ0) is 22.2. The van der Waals surface area contributed by atoms with E-state index in [1.165, 1.54) is 15.9 Å². The van der Waals surface area contributed by atoms with Gasteiger partial charge in [0, 0.05) is 35.8 Å². The van der Waals surface area contributed by atoms with Crippen LogP contribution in [0.25, 0.3) is 0 Å². The van der Waals surface area contributed by atoms with Crippen LogP contribution in [0, 0.1) is 5.92 Å². The van der Waals surface area contributed by atoms with E-state index in [0.29, 0.717) is 43.3 Å². The van der Waals surface area contributed by atoms with Crippen LogP contribution < -0.4 is 9.64 Å². The number of sulfonamides is 1. The molecule has 1 fully saturated rings. The summed E-state index contributed by atoms with van der Waals surface area (Å²) in [6, 6.07) is 12.8. The number of nitrogens with zero attached hydrogens (tertiary/aromatic N) is 2.